The lowest BCUT2D eigenvalue weighted by atomic mass is 9.97. The van der Waals surface area contributed by atoms with Crippen molar-refractivity contribution in [2.45, 2.75) is 12.4 Å². The molecule has 0 atom stereocenters. The van der Waals surface area contributed by atoms with Gasteiger partial charge in [0, 0.05) is 0 Å². The number of anilines is 1. The molecule has 0 aliphatic heterocycles. The predicted molar refractivity (Wildman–Crippen MR) is 83.3 cm³/mol. The van der Waals surface area contributed by atoms with Crippen LogP contribution in [0.2, 0.25) is 0 Å². The summed E-state index contributed by atoms with van der Waals surface area (Å²) in [7, 11) is 1.11. The number of benzene rings is 2. The molecule has 0 bridgehead atoms. The zero-order chi connectivity index (χ0) is 20.6. The predicted octanol–water partition coefficient (Wildman–Crippen LogP) is 4.60. The number of carbonyl (C=O) groups excluding carboxylic acids is 1. The largest absolute Gasteiger partial charge is 0.505 e. The fourth-order valence-corrected chi connectivity index (χ4v) is 2.35. The van der Waals surface area contributed by atoms with Gasteiger partial charge < -0.3 is 20.9 Å². The van der Waals surface area contributed by atoms with E-state index >= 15 is 0 Å². The van der Waals surface area contributed by atoms with Gasteiger partial charge >= 0.3 is 18.4 Å². The summed E-state index contributed by atoms with van der Waals surface area (Å²) in [5.74, 6) is -1.02. The molecule has 2 amide bonds. The molecular weight excluding hydrogens is 382 g/mol. The van der Waals surface area contributed by atoms with E-state index in [9.17, 15) is 36.2 Å². The molecule has 0 radical (unpaired) electrons. The fourth-order valence-electron chi connectivity index (χ4n) is 2.35. The number of primary amides is 1. The molecule has 4 N–H and O–H groups in total. The van der Waals surface area contributed by atoms with Crippen LogP contribution in [0.15, 0.2) is 30.3 Å². The Morgan fingerprint density at radius 1 is 1.04 bits per heavy atom. The number of aromatic hydroxyl groups is 1. The minimum atomic E-state index is -5.07. The van der Waals surface area contributed by atoms with Crippen molar-refractivity contribution in [1.82, 2.24) is 0 Å². The SMILES string of the molecule is COc1ccc(NC(N)=O)c(O)c1-c1cc(C(F)(F)F)cc(C(F)(F)F)c1. The van der Waals surface area contributed by atoms with Crippen LogP contribution >= 0.6 is 0 Å². The van der Waals surface area contributed by atoms with Gasteiger partial charge in [0.25, 0.3) is 0 Å². The molecule has 11 heteroatoms. The lowest BCUT2D eigenvalue weighted by Crippen LogP contribution is -2.19. The maximum Gasteiger partial charge on any atom is 0.416 e. The molecule has 0 aliphatic rings. The number of carbonyl (C=O) groups is 1. The van der Waals surface area contributed by atoms with Gasteiger partial charge in [0.15, 0.2) is 5.75 Å². The summed E-state index contributed by atoms with van der Waals surface area (Å²) in [6.45, 7) is 0. The first-order valence-corrected chi connectivity index (χ1v) is 7.11. The fraction of sp³-hybridized carbons (Fsp3) is 0.188. The molecule has 5 nitrogen and oxygen atoms in total. The molecule has 0 aromatic heterocycles. The molecule has 2 aromatic rings. The average Bonchev–Trinajstić information content (AvgIpc) is 2.54. The van der Waals surface area contributed by atoms with Crippen LogP contribution < -0.4 is 15.8 Å². The molecule has 0 saturated carbocycles. The third kappa shape index (κ3) is 4.36. The van der Waals surface area contributed by atoms with Crippen molar-refractivity contribution in [3.63, 3.8) is 0 Å². The van der Waals surface area contributed by atoms with Crippen molar-refractivity contribution in [3.05, 3.63) is 41.5 Å². The number of nitrogens with two attached hydrogens (primary N) is 1. The number of ether oxygens (including phenoxy) is 1. The Bertz CT molecular complexity index is 845. The second kappa shape index (κ2) is 6.89. The van der Waals surface area contributed by atoms with Crippen LogP contribution in [0.5, 0.6) is 11.5 Å². The number of hydrogen-bond acceptors (Lipinski definition) is 3. The normalized spacial score (nSPS) is 12.0. The Balaban J connectivity index is 2.82. The molecule has 0 unspecified atom stereocenters. The highest BCUT2D eigenvalue weighted by atomic mass is 19.4. The summed E-state index contributed by atoms with van der Waals surface area (Å²) < 4.78 is 83.2. The topological polar surface area (TPSA) is 84.6 Å². The average molecular weight is 394 g/mol. The van der Waals surface area contributed by atoms with Crippen molar-refractivity contribution in [3.8, 4) is 22.6 Å². The summed E-state index contributed by atoms with van der Waals surface area (Å²) in [4.78, 5) is 11.0. The third-order valence-electron chi connectivity index (χ3n) is 3.49. The van der Waals surface area contributed by atoms with Gasteiger partial charge in [-0.3, -0.25) is 0 Å². The Labute approximate surface area is 148 Å². The first-order chi connectivity index (χ1) is 12.3. The van der Waals surface area contributed by atoms with Gasteiger partial charge in [-0.1, -0.05) is 0 Å². The number of hydrogen-bond donors (Lipinski definition) is 3. The second-order valence-electron chi connectivity index (χ2n) is 5.32. The number of phenolic OH excluding ortho intramolecular Hbond substituents is 1. The molecule has 0 aliphatic carbocycles. The first-order valence-electron chi connectivity index (χ1n) is 7.11. The smallest absolute Gasteiger partial charge is 0.416 e. The Morgan fingerprint density at radius 2 is 1.56 bits per heavy atom. The van der Waals surface area contributed by atoms with Crippen molar-refractivity contribution in [1.29, 1.82) is 0 Å². The van der Waals surface area contributed by atoms with E-state index in [2.05, 4.69) is 0 Å². The summed E-state index contributed by atoms with van der Waals surface area (Å²) in [6, 6.07) is 2.00. The Kier molecular flexibility index (Phi) is 5.16. The number of methoxy groups -OCH3 is 1. The minimum Gasteiger partial charge on any atom is -0.505 e. The molecular formula is C16H12F6N2O3. The van der Waals surface area contributed by atoms with E-state index in [4.69, 9.17) is 10.5 Å². The molecule has 27 heavy (non-hydrogen) atoms. The maximum atomic E-state index is 13.1. The highest BCUT2D eigenvalue weighted by Gasteiger charge is 2.37. The molecule has 2 rings (SSSR count). The zero-order valence-electron chi connectivity index (χ0n) is 13.5. The second-order valence-corrected chi connectivity index (χ2v) is 5.32. The Morgan fingerprint density at radius 3 is 1.96 bits per heavy atom. The number of rotatable bonds is 3. The van der Waals surface area contributed by atoms with Gasteiger partial charge in [0.2, 0.25) is 0 Å². The van der Waals surface area contributed by atoms with Gasteiger partial charge in [-0.25, -0.2) is 4.79 Å². The van der Waals surface area contributed by atoms with E-state index in [0.29, 0.717) is 12.1 Å². The molecule has 0 spiro atoms. The lowest BCUT2D eigenvalue weighted by Gasteiger charge is -2.18. The van der Waals surface area contributed by atoms with Crippen LogP contribution in [0.3, 0.4) is 0 Å². The molecule has 2 aromatic carbocycles. The van der Waals surface area contributed by atoms with E-state index in [0.717, 1.165) is 19.2 Å². The Hall–Kier alpha value is -3.11. The van der Waals surface area contributed by atoms with Crippen LogP contribution in [0, 0.1) is 0 Å². The molecule has 146 valence electrons. The van der Waals surface area contributed by atoms with Crippen molar-refractivity contribution < 1.29 is 41.0 Å². The van der Waals surface area contributed by atoms with Crippen LogP contribution in [-0.2, 0) is 12.4 Å². The van der Waals surface area contributed by atoms with E-state index < -0.39 is 46.4 Å². The highest BCUT2D eigenvalue weighted by Crippen LogP contribution is 2.46. The van der Waals surface area contributed by atoms with Crippen LogP contribution in [0.1, 0.15) is 11.1 Å². The molecule has 0 saturated heterocycles. The lowest BCUT2D eigenvalue weighted by molar-refractivity contribution is -0.143. The van der Waals surface area contributed by atoms with Gasteiger partial charge in [0.05, 0.1) is 29.5 Å². The summed E-state index contributed by atoms with van der Waals surface area (Å²) >= 11 is 0. The van der Waals surface area contributed by atoms with Crippen molar-refractivity contribution >= 4 is 11.7 Å². The number of halogens is 6. The number of amides is 2. The van der Waals surface area contributed by atoms with E-state index in [1.54, 1.807) is 0 Å². The van der Waals surface area contributed by atoms with Crippen LogP contribution in [-0.4, -0.2) is 18.2 Å². The molecule has 0 fully saturated rings. The third-order valence-corrected chi connectivity index (χ3v) is 3.49. The van der Waals surface area contributed by atoms with E-state index in [1.807, 2.05) is 5.32 Å². The first kappa shape index (κ1) is 20.2. The molecule has 0 heterocycles. The van der Waals surface area contributed by atoms with Crippen molar-refractivity contribution in [2.75, 3.05) is 12.4 Å². The van der Waals surface area contributed by atoms with Gasteiger partial charge in [-0.2, -0.15) is 26.3 Å². The maximum absolute atomic E-state index is 13.1. The highest BCUT2D eigenvalue weighted by molar-refractivity contribution is 5.93. The number of nitrogens with one attached hydrogen (secondary N) is 1. The van der Waals surface area contributed by atoms with Gasteiger partial charge in [-0.05, 0) is 35.9 Å². The summed E-state index contributed by atoms with van der Waals surface area (Å²) in [5.41, 5.74) is 0.391. The quantitative estimate of drug-likeness (QED) is 0.526. The van der Waals surface area contributed by atoms with Crippen LogP contribution in [0.25, 0.3) is 11.1 Å². The number of urea groups is 1. The number of phenols is 1. The summed E-state index contributed by atoms with van der Waals surface area (Å²) in [5, 5.41) is 12.3. The van der Waals surface area contributed by atoms with Gasteiger partial charge in [-0.15, -0.1) is 0 Å². The number of alkyl halides is 6. The summed E-state index contributed by atoms with van der Waals surface area (Å²) in [6.07, 6.45) is -10.1. The van der Waals surface area contributed by atoms with Gasteiger partial charge in [0.1, 0.15) is 5.75 Å². The van der Waals surface area contributed by atoms with Crippen molar-refractivity contribution in [2.24, 2.45) is 5.73 Å². The van der Waals surface area contributed by atoms with Crippen LogP contribution in [0.4, 0.5) is 36.8 Å². The minimum absolute atomic E-state index is 0.0431. The standard InChI is InChI=1S/C16H12F6N2O3/c1-27-11-3-2-10(24-14(23)26)13(25)12(11)7-4-8(15(17,18)19)6-9(5-7)16(20,21)22/h2-6,25H,1H3,(H3,23,24,26). The zero-order valence-corrected chi connectivity index (χ0v) is 13.5. The van der Waals surface area contributed by atoms with E-state index in [-0.39, 0.29) is 17.5 Å². The monoisotopic (exact) mass is 394 g/mol. The van der Waals surface area contributed by atoms with E-state index in [1.165, 1.54) is 0 Å².